The molecule has 0 fully saturated rings. The summed E-state index contributed by atoms with van der Waals surface area (Å²) in [5.41, 5.74) is 0. The molecule has 0 radical (unpaired) electrons. The average Bonchev–Trinajstić information content (AvgIpc) is 3.33. The number of hydrogen-bond donors (Lipinski definition) is 3. The highest BCUT2D eigenvalue weighted by Gasteiger charge is 2.30. The summed E-state index contributed by atoms with van der Waals surface area (Å²) < 4.78 is 68.3. The van der Waals surface area contributed by atoms with E-state index in [9.17, 15) is 43.2 Å². The SMILES string of the molecule is CCC/C=C\C/C=C\CCCCCCCC(=O)OCC(COP(=O)(O)OCC(O)COP(=O)(O)OCC(COC(=O)CCCCCCC/C=C\CCCCCCCC)OC(=O)CCCCCCC/C=C\CCCC)OC(=O)CCCCCCCCCCCCCCC. The van der Waals surface area contributed by atoms with Gasteiger partial charge in [0.25, 0.3) is 0 Å². The minimum Gasteiger partial charge on any atom is -0.462 e. The van der Waals surface area contributed by atoms with E-state index in [0.717, 1.165) is 154 Å². The summed E-state index contributed by atoms with van der Waals surface area (Å²) in [6.45, 7) is 4.77. The van der Waals surface area contributed by atoms with Gasteiger partial charge in [0.15, 0.2) is 12.2 Å². The normalized spacial score (nSPS) is 14.3. The Balaban J connectivity index is 5.29. The Labute approximate surface area is 559 Å². The smallest absolute Gasteiger partial charge is 0.462 e. The largest absolute Gasteiger partial charge is 0.472 e. The first-order valence-electron chi connectivity index (χ1n) is 36.9. The maximum absolute atomic E-state index is 13.0. The number of unbranched alkanes of at least 4 members (excludes halogenated alkanes) is 36. The molecule has 92 heavy (non-hydrogen) atoms. The predicted octanol–water partition coefficient (Wildman–Crippen LogP) is 20.6. The Morgan fingerprint density at radius 2 is 0.565 bits per heavy atom. The summed E-state index contributed by atoms with van der Waals surface area (Å²) in [5.74, 6) is -2.18. The molecule has 0 saturated carbocycles. The topological polar surface area (TPSA) is 237 Å². The van der Waals surface area contributed by atoms with Crippen LogP contribution in [0.15, 0.2) is 48.6 Å². The molecule has 5 unspecified atom stereocenters. The van der Waals surface area contributed by atoms with Crippen LogP contribution in [0.5, 0.6) is 0 Å². The molecule has 19 heteroatoms. The molecular formula is C73H134O17P2. The Morgan fingerprint density at radius 1 is 0.304 bits per heavy atom. The van der Waals surface area contributed by atoms with Crippen LogP contribution < -0.4 is 0 Å². The molecule has 0 aliphatic rings. The van der Waals surface area contributed by atoms with E-state index in [2.05, 4.69) is 76.3 Å². The first-order valence-corrected chi connectivity index (χ1v) is 39.9. The molecule has 0 heterocycles. The number of phosphoric ester groups is 2. The van der Waals surface area contributed by atoms with Gasteiger partial charge in [-0.25, -0.2) is 9.13 Å². The van der Waals surface area contributed by atoms with Crippen molar-refractivity contribution in [3.8, 4) is 0 Å². The Kier molecular flexibility index (Phi) is 64.5. The predicted molar refractivity (Wildman–Crippen MR) is 372 cm³/mol. The maximum atomic E-state index is 13.0. The average molecular weight is 1350 g/mol. The van der Waals surface area contributed by atoms with Crippen molar-refractivity contribution in [1.29, 1.82) is 0 Å². The van der Waals surface area contributed by atoms with Crippen LogP contribution in [-0.4, -0.2) is 96.7 Å². The second kappa shape index (κ2) is 66.6. The van der Waals surface area contributed by atoms with E-state index in [0.29, 0.717) is 25.7 Å². The lowest BCUT2D eigenvalue weighted by atomic mass is 10.0. The van der Waals surface area contributed by atoms with Crippen molar-refractivity contribution in [2.75, 3.05) is 39.6 Å². The summed E-state index contributed by atoms with van der Waals surface area (Å²) in [6.07, 6.45) is 61.1. The molecule has 0 aliphatic heterocycles. The third kappa shape index (κ3) is 65.7. The van der Waals surface area contributed by atoms with Gasteiger partial charge in [-0.05, 0) is 96.3 Å². The van der Waals surface area contributed by atoms with Crippen molar-refractivity contribution in [3.63, 3.8) is 0 Å². The lowest BCUT2D eigenvalue weighted by molar-refractivity contribution is -0.161. The monoisotopic (exact) mass is 1340 g/mol. The minimum atomic E-state index is -4.96. The van der Waals surface area contributed by atoms with Crippen molar-refractivity contribution in [2.24, 2.45) is 0 Å². The van der Waals surface area contributed by atoms with E-state index in [1.54, 1.807) is 0 Å². The number of hydrogen-bond acceptors (Lipinski definition) is 15. The molecule has 0 aromatic carbocycles. The number of esters is 4. The zero-order chi connectivity index (χ0) is 67.5. The van der Waals surface area contributed by atoms with Crippen molar-refractivity contribution < 1.29 is 80.2 Å². The van der Waals surface area contributed by atoms with E-state index in [1.807, 2.05) is 0 Å². The first kappa shape index (κ1) is 89.0. The van der Waals surface area contributed by atoms with Gasteiger partial charge in [0.05, 0.1) is 26.4 Å². The number of carbonyl (C=O) groups excluding carboxylic acids is 4. The van der Waals surface area contributed by atoms with Crippen LogP contribution in [0.2, 0.25) is 0 Å². The lowest BCUT2D eigenvalue weighted by Crippen LogP contribution is -2.30. The fourth-order valence-corrected chi connectivity index (χ4v) is 11.6. The number of phosphoric acid groups is 2. The van der Waals surface area contributed by atoms with Crippen LogP contribution in [0.25, 0.3) is 0 Å². The molecule has 0 saturated heterocycles. The quantitative estimate of drug-likeness (QED) is 0.0169. The number of rotatable bonds is 70. The standard InChI is InChI=1S/C73H134O17P2/c1-5-9-13-17-21-25-29-32-33-36-39-42-46-50-54-58-71(76)84-63-68(89-72(77)59-55-51-47-43-37-28-24-20-16-12-8-4)65-87-91(79,80)85-61-67(74)62-86-92(81,82)88-66-69(90-73(78)60-56-52-48-44-40-35-31-27-23-19-15-11-7-3)64-83-70(75)57-53-49-45-41-38-34-30-26-22-18-14-10-6-2/h14,18,20,24,26,30,32-33,67-69,74H,5-13,15-17,19,21-23,25,27-29,31,34-66H2,1-4H3,(H,79,80)(H,81,82)/b18-14-,24-20-,30-26-,33-32-. The highest BCUT2D eigenvalue weighted by Crippen LogP contribution is 2.45. The molecule has 0 amide bonds. The number of aliphatic hydroxyl groups is 1. The summed E-state index contributed by atoms with van der Waals surface area (Å²) in [6, 6.07) is 0. The fourth-order valence-electron chi connectivity index (χ4n) is 10.1. The van der Waals surface area contributed by atoms with Crippen LogP contribution in [0.4, 0.5) is 0 Å². The Hall–Kier alpha value is -2.98. The molecule has 0 bridgehead atoms. The van der Waals surface area contributed by atoms with Gasteiger partial charge in [-0.2, -0.15) is 0 Å². The highest BCUT2D eigenvalue weighted by molar-refractivity contribution is 7.47. The number of aliphatic hydroxyl groups excluding tert-OH is 1. The van der Waals surface area contributed by atoms with Crippen LogP contribution in [0.3, 0.4) is 0 Å². The zero-order valence-corrected chi connectivity index (χ0v) is 60.3. The van der Waals surface area contributed by atoms with Gasteiger partial charge in [0, 0.05) is 25.7 Å². The molecule has 17 nitrogen and oxygen atoms in total. The van der Waals surface area contributed by atoms with Crippen molar-refractivity contribution in [1.82, 2.24) is 0 Å². The van der Waals surface area contributed by atoms with Crippen molar-refractivity contribution >= 4 is 39.5 Å². The van der Waals surface area contributed by atoms with Crippen LogP contribution in [0, 0.1) is 0 Å². The third-order valence-corrected chi connectivity index (χ3v) is 17.6. The molecule has 0 rings (SSSR count). The minimum absolute atomic E-state index is 0.0874. The van der Waals surface area contributed by atoms with Gasteiger partial charge in [-0.1, -0.05) is 263 Å². The zero-order valence-electron chi connectivity index (χ0n) is 58.5. The molecule has 5 atom stereocenters. The molecular weight excluding hydrogens is 1210 g/mol. The van der Waals surface area contributed by atoms with Gasteiger partial charge in [-0.3, -0.25) is 37.3 Å². The van der Waals surface area contributed by atoms with Crippen LogP contribution >= 0.6 is 15.6 Å². The fraction of sp³-hybridized carbons (Fsp3) is 0.836. The molecule has 3 N–H and O–H groups in total. The second-order valence-corrected chi connectivity index (χ2v) is 27.8. The van der Waals surface area contributed by atoms with Crippen molar-refractivity contribution in [2.45, 2.75) is 354 Å². The maximum Gasteiger partial charge on any atom is 0.472 e. The van der Waals surface area contributed by atoms with Gasteiger partial charge < -0.3 is 33.8 Å². The second-order valence-electron chi connectivity index (χ2n) is 24.9. The number of ether oxygens (including phenoxy) is 4. The van der Waals surface area contributed by atoms with Gasteiger partial charge in [0.1, 0.15) is 19.3 Å². The Morgan fingerprint density at radius 3 is 0.891 bits per heavy atom. The van der Waals surface area contributed by atoms with Gasteiger partial charge >= 0.3 is 39.5 Å². The molecule has 538 valence electrons. The molecule has 0 aromatic rings. The van der Waals surface area contributed by atoms with E-state index in [1.165, 1.54) is 103 Å². The number of allylic oxidation sites excluding steroid dienone is 8. The number of carbonyl (C=O) groups is 4. The van der Waals surface area contributed by atoms with E-state index in [-0.39, 0.29) is 25.7 Å². The molecule has 0 spiro atoms. The van der Waals surface area contributed by atoms with Gasteiger partial charge in [0.2, 0.25) is 0 Å². The van der Waals surface area contributed by atoms with Crippen LogP contribution in [0.1, 0.15) is 336 Å². The van der Waals surface area contributed by atoms with E-state index >= 15 is 0 Å². The molecule has 0 aromatic heterocycles. The van der Waals surface area contributed by atoms with Gasteiger partial charge in [-0.15, -0.1) is 0 Å². The summed E-state index contributed by atoms with van der Waals surface area (Å²) in [5, 5.41) is 10.6. The third-order valence-electron chi connectivity index (χ3n) is 15.7. The summed E-state index contributed by atoms with van der Waals surface area (Å²) in [7, 11) is -9.93. The van der Waals surface area contributed by atoms with Crippen molar-refractivity contribution in [3.05, 3.63) is 48.6 Å². The van der Waals surface area contributed by atoms with E-state index in [4.69, 9.17) is 37.0 Å². The molecule has 0 aliphatic carbocycles. The summed E-state index contributed by atoms with van der Waals surface area (Å²) >= 11 is 0. The lowest BCUT2D eigenvalue weighted by Gasteiger charge is -2.21. The Bertz CT molecular complexity index is 1940. The summed E-state index contributed by atoms with van der Waals surface area (Å²) in [4.78, 5) is 72.6. The van der Waals surface area contributed by atoms with Crippen LogP contribution in [-0.2, 0) is 65.4 Å². The first-order chi connectivity index (χ1) is 44.7. The van der Waals surface area contributed by atoms with E-state index < -0.39 is 97.5 Å². The highest BCUT2D eigenvalue weighted by atomic mass is 31.2.